The third kappa shape index (κ3) is 6.65. The number of ether oxygens (including phenoxy) is 2. The second kappa shape index (κ2) is 11.5. The van der Waals surface area contributed by atoms with Crippen LogP contribution in [0.3, 0.4) is 0 Å². The highest BCUT2D eigenvalue weighted by atomic mass is 16.6. The van der Waals surface area contributed by atoms with E-state index in [-0.39, 0.29) is 5.69 Å². The van der Waals surface area contributed by atoms with Gasteiger partial charge in [0.05, 0.1) is 29.8 Å². The Balaban J connectivity index is 2.20. The van der Waals surface area contributed by atoms with Crippen LogP contribution in [-0.2, 0) is 0 Å². The van der Waals surface area contributed by atoms with Gasteiger partial charge in [-0.05, 0) is 54.8 Å². The molecule has 0 aliphatic heterocycles. The van der Waals surface area contributed by atoms with Gasteiger partial charge in [-0.3, -0.25) is 10.1 Å². The molecule has 0 heterocycles. The molecular weight excluding hydrogens is 368 g/mol. The van der Waals surface area contributed by atoms with E-state index in [1.807, 2.05) is 25.1 Å². The number of nitrogens with zero attached hydrogens (tertiary/aromatic N) is 2. The Bertz CT molecular complexity index is 883. The molecule has 0 N–H and O–H groups in total. The van der Waals surface area contributed by atoms with E-state index in [2.05, 4.69) is 13.0 Å². The first-order chi connectivity index (χ1) is 14.1. The van der Waals surface area contributed by atoms with Crippen LogP contribution in [-0.4, -0.2) is 18.1 Å². The molecule has 0 fully saturated rings. The van der Waals surface area contributed by atoms with E-state index in [4.69, 9.17) is 9.47 Å². The average Bonchev–Trinajstić information content (AvgIpc) is 2.73. The van der Waals surface area contributed by atoms with Crippen molar-refractivity contribution in [3.63, 3.8) is 0 Å². The summed E-state index contributed by atoms with van der Waals surface area (Å²) >= 11 is 0. The quantitative estimate of drug-likeness (QED) is 0.153. The van der Waals surface area contributed by atoms with Gasteiger partial charge in [-0.2, -0.15) is 5.26 Å². The number of unbranched alkanes of at least 4 members (excludes halogenated alkanes) is 3. The third-order valence-electron chi connectivity index (χ3n) is 4.34. The Morgan fingerprint density at radius 3 is 2.45 bits per heavy atom. The molecule has 0 saturated carbocycles. The summed E-state index contributed by atoms with van der Waals surface area (Å²) in [5, 5.41) is 20.3. The molecule has 0 saturated heterocycles. The molecule has 0 atom stereocenters. The molecule has 0 radical (unpaired) electrons. The summed E-state index contributed by atoms with van der Waals surface area (Å²) in [6.45, 7) is 5.23. The van der Waals surface area contributed by atoms with Crippen molar-refractivity contribution < 1.29 is 14.4 Å². The first-order valence-corrected chi connectivity index (χ1v) is 9.85. The van der Waals surface area contributed by atoms with Crippen molar-refractivity contribution in [3.05, 3.63) is 63.7 Å². The number of rotatable bonds is 11. The summed E-state index contributed by atoms with van der Waals surface area (Å²) in [6.07, 6.45) is 6.25. The van der Waals surface area contributed by atoms with Crippen molar-refractivity contribution in [1.29, 1.82) is 5.26 Å². The van der Waals surface area contributed by atoms with Gasteiger partial charge in [-0.25, -0.2) is 0 Å². The molecule has 0 bridgehead atoms. The lowest BCUT2D eigenvalue weighted by atomic mass is 10.0. The van der Waals surface area contributed by atoms with Crippen molar-refractivity contribution in [2.75, 3.05) is 13.2 Å². The predicted molar refractivity (Wildman–Crippen MR) is 114 cm³/mol. The van der Waals surface area contributed by atoms with Gasteiger partial charge in [0, 0.05) is 12.1 Å². The molecule has 0 aliphatic carbocycles. The van der Waals surface area contributed by atoms with Gasteiger partial charge in [0.1, 0.15) is 0 Å². The lowest BCUT2D eigenvalue weighted by Gasteiger charge is -2.13. The van der Waals surface area contributed by atoms with Gasteiger partial charge in [-0.1, -0.05) is 32.3 Å². The zero-order valence-corrected chi connectivity index (χ0v) is 16.9. The summed E-state index contributed by atoms with van der Waals surface area (Å²) in [5.74, 6) is 1.33. The normalized spacial score (nSPS) is 11.0. The molecule has 0 unspecified atom stereocenters. The number of benzene rings is 2. The Kier molecular flexibility index (Phi) is 8.71. The van der Waals surface area contributed by atoms with E-state index in [1.54, 1.807) is 18.2 Å². The molecule has 0 aromatic heterocycles. The maximum Gasteiger partial charge on any atom is 0.269 e. The molecule has 2 rings (SSSR count). The predicted octanol–water partition coefficient (Wildman–Crippen LogP) is 6.02. The van der Waals surface area contributed by atoms with E-state index in [0.717, 1.165) is 18.4 Å². The van der Waals surface area contributed by atoms with Crippen LogP contribution in [0.2, 0.25) is 0 Å². The zero-order chi connectivity index (χ0) is 21.1. The Morgan fingerprint density at radius 1 is 1.07 bits per heavy atom. The fourth-order valence-corrected chi connectivity index (χ4v) is 2.82. The molecule has 6 nitrogen and oxygen atoms in total. The number of nitro benzene ring substituents is 1. The highest BCUT2D eigenvalue weighted by Crippen LogP contribution is 2.30. The summed E-state index contributed by atoms with van der Waals surface area (Å²) in [6, 6.07) is 13.6. The third-order valence-corrected chi connectivity index (χ3v) is 4.34. The Morgan fingerprint density at radius 2 is 1.83 bits per heavy atom. The highest BCUT2D eigenvalue weighted by Gasteiger charge is 2.09. The molecule has 152 valence electrons. The number of hydrogen-bond acceptors (Lipinski definition) is 5. The second-order valence-corrected chi connectivity index (χ2v) is 6.52. The molecule has 2 aromatic carbocycles. The second-order valence-electron chi connectivity index (χ2n) is 6.52. The summed E-state index contributed by atoms with van der Waals surface area (Å²) in [7, 11) is 0. The van der Waals surface area contributed by atoms with Crippen LogP contribution in [0.15, 0.2) is 42.5 Å². The number of allylic oxidation sites excluding steroid dienone is 1. The maximum absolute atomic E-state index is 10.8. The molecule has 29 heavy (non-hydrogen) atoms. The smallest absolute Gasteiger partial charge is 0.269 e. The maximum atomic E-state index is 10.8. The minimum absolute atomic E-state index is 0.00916. The topological polar surface area (TPSA) is 85.4 Å². The fraction of sp³-hybridized carbons (Fsp3) is 0.348. The van der Waals surface area contributed by atoms with Crippen LogP contribution in [0.25, 0.3) is 11.6 Å². The fourth-order valence-electron chi connectivity index (χ4n) is 2.82. The van der Waals surface area contributed by atoms with Gasteiger partial charge in [0.15, 0.2) is 11.5 Å². The highest BCUT2D eigenvalue weighted by molar-refractivity contribution is 5.90. The van der Waals surface area contributed by atoms with E-state index >= 15 is 0 Å². The van der Waals surface area contributed by atoms with Crippen LogP contribution in [0.5, 0.6) is 11.5 Å². The Hall–Kier alpha value is -3.33. The molecular formula is C23H26N2O4. The number of nitriles is 1. The van der Waals surface area contributed by atoms with Crippen molar-refractivity contribution in [3.8, 4) is 17.6 Å². The lowest BCUT2D eigenvalue weighted by Crippen LogP contribution is -2.01. The van der Waals surface area contributed by atoms with Gasteiger partial charge >= 0.3 is 0 Å². The van der Waals surface area contributed by atoms with E-state index in [0.29, 0.717) is 35.8 Å². The largest absolute Gasteiger partial charge is 0.490 e. The van der Waals surface area contributed by atoms with E-state index in [9.17, 15) is 15.4 Å². The minimum Gasteiger partial charge on any atom is -0.490 e. The number of hydrogen-bond donors (Lipinski definition) is 0. The lowest BCUT2D eigenvalue weighted by molar-refractivity contribution is -0.384. The van der Waals surface area contributed by atoms with Crippen LogP contribution in [0.1, 0.15) is 50.7 Å². The molecule has 0 spiro atoms. The van der Waals surface area contributed by atoms with Crippen molar-refractivity contribution in [1.82, 2.24) is 0 Å². The van der Waals surface area contributed by atoms with Crippen LogP contribution >= 0.6 is 0 Å². The summed E-state index contributed by atoms with van der Waals surface area (Å²) in [4.78, 5) is 10.3. The molecule has 0 aliphatic rings. The van der Waals surface area contributed by atoms with Crippen LogP contribution < -0.4 is 9.47 Å². The number of nitro groups is 1. The summed E-state index contributed by atoms with van der Waals surface area (Å²) in [5.41, 5.74) is 1.81. The Labute approximate surface area is 171 Å². The standard InChI is InChI=1S/C23H26N2O4/c1-3-5-6-7-14-29-22-13-8-18(16-23(22)28-4-2)15-20(17-24)19-9-11-21(12-10-19)25(26)27/h8-13,15-16H,3-7,14H2,1-2H3. The first-order valence-electron chi connectivity index (χ1n) is 9.85. The van der Waals surface area contributed by atoms with Gasteiger partial charge in [0.2, 0.25) is 0 Å². The minimum atomic E-state index is -0.463. The molecule has 6 heteroatoms. The number of non-ortho nitro benzene ring substituents is 1. The molecule has 2 aromatic rings. The van der Waals surface area contributed by atoms with Crippen molar-refractivity contribution in [2.45, 2.75) is 39.5 Å². The van der Waals surface area contributed by atoms with Crippen molar-refractivity contribution in [2.24, 2.45) is 0 Å². The monoisotopic (exact) mass is 394 g/mol. The van der Waals surface area contributed by atoms with Crippen LogP contribution in [0.4, 0.5) is 5.69 Å². The van der Waals surface area contributed by atoms with Crippen molar-refractivity contribution >= 4 is 17.3 Å². The molecule has 0 amide bonds. The van der Waals surface area contributed by atoms with Crippen LogP contribution in [0, 0.1) is 21.4 Å². The van der Waals surface area contributed by atoms with Gasteiger partial charge < -0.3 is 9.47 Å². The SMILES string of the molecule is CCCCCCOc1ccc(C=C(C#N)c2ccc([N+](=O)[O-])cc2)cc1OCC. The van der Waals surface area contributed by atoms with E-state index < -0.39 is 4.92 Å². The van der Waals surface area contributed by atoms with Gasteiger partial charge in [0.25, 0.3) is 5.69 Å². The first kappa shape index (κ1) is 22.0. The van der Waals surface area contributed by atoms with E-state index in [1.165, 1.54) is 25.0 Å². The summed E-state index contributed by atoms with van der Waals surface area (Å²) < 4.78 is 11.6. The average molecular weight is 394 g/mol. The zero-order valence-electron chi connectivity index (χ0n) is 16.9. The van der Waals surface area contributed by atoms with Gasteiger partial charge in [-0.15, -0.1) is 0 Å².